The molecule has 0 unspecified atom stereocenters. The SMILES string of the molecule is CCn1c(Cn2nnnc2C)nc2cc(S(=O)(=O)N(C)C)ccc21. The van der Waals surface area contributed by atoms with Crippen LogP contribution in [0.1, 0.15) is 18.6 Å². The number of rotatable bonds is 5. The maximum Gasteiger partial charge on any atom is 0.242 e. The first kappa shape index (κ1) is 16.5. The molecule has 0 spiro atoms. The van der Waals surface area contributed by atoms with Crippen molar-refractivity contribution in [3.63, 3.8) is 0 Å². The van der Waals surface area contributed by atoms with Crippen LogP contribution in [0.25, 0.3) is 11.0 Å². The first-order chi connectivity index (χ1) is 11.3. The van der Waals surface area contributed by atoms with Gasteiger partial charge in [-0.25, -0.2) is 22.4 Å². The second kappa shape index (κ2) is 5.95. The topological polar surface area (TPSA) is 98.8 Å². The molecule has 128 valence electrons. The molecule has 1 aromatic carbocycles. The molecule has 0 bridgehead atoms. The molecule has 9 nitrogen and oxygen atoms in total. The smallest absolute Gasteiger partial charge is 0.242 e. The van der Waals surface area contributed by atoms with Crippen LogP contribution in [-0.4, -0.2) is 56.6 Å². The molecule has 0 aliphatic heterocycles. The van der Waals surface area contributed by atoms with E-state index in [4.69, 9.17) is 0 Å². The van der Waals surface area contributed by atoms with Crippen molar-refractivity contribution in [1.29, 1.82) is 0 Å². The van der Waals surface area contributed by atoms with Crippen LogP contribution in [-0.2, 0) is 23.1 Å². The van der Waals surface area contributed by atoms with Gasteiger partial charge in [0.1, 0.15) is 18.2 Å². The maximum absolute atomic E-state index is 12.3. The van der Waals surface area contributed by atoms with E-state index in [-0.39, 0.29) is 4.90 Å². The van der Waals surface area contributed by atoms with Gasteiger partial charge in [0, 0.05) is 20.6 Å². The van der Waals surface area contributed by atoms with Crippen molar-refractivity contribution in [2.24, 2.45) is 0 Å². The van der Waals surface area contributed by atoms with E-state index in [2.05, 4.69) is 20.5 Å². The molecule has 0 fully saturated rings. The number of hydrogen-bond acceptors (Lipinski definition) is 6. The number of aryl methyl sites for hydroxylation is 2. The standard InChI is InChI=1S/C14H19N7O2S/c1-5-20-13-7-6-11(24(22,23)19(3)4)8-12(13)15-14(20)9-21-10(2)16-17-18-21/h6-8H,5,9H2,1-4H3. The lowest BCUT2D eigenvalue weighted by molar-refractivity contribution is 0.521. The van der Waals surface area contributed by atoms with E-state index in [1.54, 1.807) is 22.9 Å². The highest BCUT2D eigenvalue weighted by Gasteiger charge is 2.19. The summed E-state index contributed by atoms with van der Waals surface area (Å²) < 4.78 is 29.5. The van der Waals surface area contributed by atoms with Crippen LogP contribution >= 0.6 is 0 Å². The van der Waals surface area contributed by atoms with Crippen LogP contribution < -0.4 is 0 Å². The molecule has 0 saturated carbocycles. The van der Waals surface area contributed by atoms with Gasteiger partial charge in [-0.2, -0.15) is 0 Å². The van der Waals surface area contributed by atoms with Gasteiger partial charge in [-0.1, -0.05) is 0 Å². The zero-order valence-corrected chi connectivity index (χ0v) is 14.8. The molecule has 0 aliphatic carbocycles. The fourth-order valence-electron chi connectivity index (χ4n) is 2.53. The lowest BCUT2D eigenvalue weighted by Crippen LogP contribution is -2.22. The Kier molecular flexibility index (Phi) is 4.10. The Bertz CT molecular complexity index is 988. The summed E-state index contributed by atoms with van der Waals surface area (Å²) in [4.78, 5) is 4.82. The number of tetrazole rings is 1. The molecule has 2 heterocycles. The quantitative estimate of drug-likeness (QED) is 0.671. The number of imidazole rings is 1. The second-order valence-electron chi connectivity index (χ2n) is 5.59. The minimum Gasteiger partial charge on any atom is -0.327 e. The summed E-state index contributed by atoms with van der Waals surface area (Å²) in [6, 6.07) is 5.00. The summed E-state index contributed by atoms with van der Waals surface area (Å²) in [5.74, 6) is 1.47. The predicted molar refractivity (Wildman–Crippen MR) is 87.9 cm³/mol. The molecule has 0 N–H and O–H groups in total. The Hall–Kier alpha value is -2.33. The molecular weight excluding hydrogens is 330 g/mol. The van der Waals surface area contributed by atoms with Crippen LogP contribution in [0.15, 0.2) is 23.1 Å². The van der Waals surface area contributed by atoms with E-state index in [0.29, 0.717) is 24.4 Å². The molecule has 2 aromatic heterocycles. The summed E-state index contributed by atoms with van der Waals surface area (Å²) >= 11 is 0. The van der Waals surface area contributed by atoms with E-state index in [1.165, 1.54) is 18.4 Å². The van der Waals surface area contributed by atoms with Crippen molar-refractivity contribution in [3.8, 4) is 0 Å². The van der Waals surface area contributed by atoms with Gasteiger partial charge >= 0.3 is 0 Å². The molecule has 0 radical (unpaired) electrons. The van der Waals surface area contributed by atoms with Crippen molar-refractivity contribution in [3.05, 3.63) is 29.8 Å². The summed E-state index contributed by atoms with van der Waals surface area (Å²) in [5.41, 5.74) is 1.52. The van der Waals surface area contributed by atoms with Crippen molar-refractivity contribution >= 4 is 21.1 Å². The molecule has 0 atom stereocenters. The Morgan fingerprint density at radius 1 is 1.25 bits per heavy atom. The Labute approximate surface area is 140 Å². The molecule has 24 heavy (non-hydrogen) atoms. The Balaban J connectivity index is 2.10. The van der Waals surface area contributed by atoms with Gasteiger partial charge in [0.25, 0.3) is 0 Å². The molecule has 3 rings (SSSR count). The van der Waals surface area contributed by atoms with Gasteiger partial charge in [-0.05, 0) is 42.5 Å². The average molecular weight is 349 g/mol. The monoisotopic (exact) mass is 349 g/mol. The second-order valence-corrected chi connectivity index (χ2v) is 7.75. The van der Waals surface area contributed by atoms with E-state index < -0.39 is 10.0 Å². The minimum absolute atomic E-state index is 0.228. The van der Waals surface area contributed by atoms with Crippen molar-refractivity contribution in [1.82, 2.24) is 34.1 Å². The van der Waals surface area contributed by atoms with Gasteiger partial charge in [-0.15, -0.1) is 5.10 Å². The molecule has 0 amide bonds. The van der Waals surface area contributed by atoms with Crippen LogP contribution in [0.3, 0.4) is 0 Å². The zero-order valence-electron chi connectivity index (χ0n) is 14.0. The maximum atomic E-state index is 12.3. The highest BCUT2D eigenvalue weighted by atomic mass is 32.2. The van der Waals surface area contributed by atoms with E-state index in [0.717, 1.165) is 11.3 Å². The number of benzene rings is 1. The molecule has 10 heteroatoms. The van der Waals surface area contributed by atoms with Gasteiger partial charge in [-0.3, -0.25) is 0 Å². The molecule has 3 aromatic rings. The summed E-state index contributed by atoms with van der Waals surface area (Å²) in [6.45, 7) is 4.98. The third-order valence-electron chi connectivity index (χ3n) is 3.90. The van der Waals surface area contributed by atoms with Gasteiger partial charge in [0.15, 0.2) is 0 Å². The first-order valence-electron chi connectivity index (χ1n) is 7.49. The number of sulfonamides is 1. The number of aromatic nitrogens is 6. The van der Waals surface area contributed by atoms with Crippen LogP contribution in [0.4, 0.5) is 0 Å². The minimum atomic E-state index is -3.49. The van der Waals surface area contributed by atoms with Crippen molar-refractivity contribution in [2.45, 2.75) is 31.8 Å². The van der Waals surface area contributed by atoms with Crippen molar-refractivity contribution in [2.75, 3.05) is 14.1 Å². The molecule has 0 saturated heterocycles. The van der Waals surface area contributed by atoms with Crippen LogP contribution in [0.5, 0.6) is 0 Å². The zero-order chi connectivity index (χ0) is 17.5. The number of fused-ring (bicyclic) bond motifs is 1. The van der Waals surface area contributed by atoms with E-state index in [9.17, 15) is 8.42 Å². The Morgan fingerprint density at radius 3 is 2.58 bits per heavy atom. The van der Waals surface area contributed by atoms with Gasteiger partial charge in [0.2, 0.25) is 10.0 Å². The summed E-state index contributed by atoms with van der Waals surface area (Å²) in [7, 11) is -0.469. The molecular formula is C14H19N7O2S. The summed E-state index contributed by atoms with van der Waals surface area (Å²) in [5, 5.41) is 11.4. The van der Waals surface area contributed by atoms with Crippen LogP contribution in [0.2, 0.25) is 0 Å². The summed E-state index contributed by atoms with van der Waals surface area (Å²) in [6.07, 6.45) is 0. The average Bonchev–Trinajstić information content (AvgIpc) is 3.09. The van der Waals surface area contributed by atoms with E-state index >= 15 is 0 Å². The van der Waals surface area contributed by atoms with E-state index in [1.807, 2.05) is 18.4 Å². The lowest BCUT2D eigenvalue weighted by atomic mass is 10.3. The number of nitrogens with zero attached hydrogens (tertiary/aromatic N) is 7. The Morgan fingerprint density at radius 2 is 2.00 bits per heavy atom. The number of hydrogen-bond donors (Lipinski definition) is 0. The normalized spacial score (nSPS) is 12.4. The van der Waals surface area contributed by atoms with Gasteiger partial charge in [0.05, 0.1) is 15.9 Å². The third kappa shape index (κ3) is 2.67. The predicted octanol–water partition coefficient (Wildman–Crippen LogP) is 0.650. The molecule has 0 aliphatic rings. The highest BCUT2D eigenvalue weighted by molar-refractivity contribution is 7.89. The van der Waals surface area contributed by atoms with Crippen molar-refractivity contribution < 1.29 is 8.42 Å². The third-order valence-corrected chi connectivity index (χ3v) is 5.71. The fraction of sp³-hybridized carbons (Fsp3) is 0.429. The van der Waals surface area contributed by atoms with Gasteiger partial charge < -0.3 is 4.57 Å². The highest BCUT2D eigenvalue weighted by Crippen LogP contribution is 2.22. The van der Waals surface area contributed by atoms with Crippen LogP contribution in [0, 0.1) is 6.92 Å². The largest absolute Gasteiger partial charge is 0.327 e. The fourth-order valence-corrected chi connectivity index (χ4v) is 3.46. The first-order valence-corrected chi connectivity index (χ1v) is 8.93. The lowest BCUT2D eigenvalue weighted by Gasteiger charge is -2.11.